The molecular formula is C30H36ClN3O5S. The molecule has 0 aromatic heterocycles. The Hall–Kier alpha value is -3.56. The van der Waals surface area contributed by atoms with Crippen LogP contribution in [0, 0.1) is 6.92 Å². The standard InChI is InChI=1S/C30H36ClN3O5S/c1-6-22(3)32-30(36)23(4)33(19-24-11-10-12-26(17-24)39-5)29(35)20-34(28-18-25(31)16-15-21(28)2)40(37,38)27-13-8-7-9-14-27/h7-18,22-23H,6,19-20H2,1-5H3,(H,32,36)/t22-,23-/m1/s1. The summed E-state index contributed by atoms with van der Waals surface area (Å²) in [4.78, 5) is 28.6. The first-order chi connectivity index (χ1) is 19.0. The van der Waals surface area contributed by atoms with Crippen LogP contribution in [0.1, 0.15) is 38.3 Å². The van der Waals surface area contributed by atoms with Gasteiger partial charge in [-0.25, -0.2) is 8.42 Å². The van der Waals surface area contributed by atoms with E-state index in [0.717, 1.165) is 16.3 Å². The fourth-order valence-electron chi connectivity index (χ4n) is 4.10. The van der Waals surface area contributed by atoms with Crippen molar-refractivity contribution in [1.29, 1.82) is 0 Å². The number of aryl methyl sites for hydroxylation is 1. The molecule has 0 unspecified atom stereocenters. The van der Waals surface area contributed by atoms with E-state index in [0.29, 0.717) is 16.3 Å². The predicted octanol–water partition coefficient (Wildman–Crippen LogP) is 5.18. The molecule has 8 nitrogen and oxygen atoms in total. The van der Waals surface area contributed by atoms with Gasteiger partial charge in [0.15, 0.2) is 0 Å². The Bertz CT molecular complexity index is 1430. The van der Waals surface area contributed by atoms with Crippen molar-refractivity contribution in [1.82, 2.24) is 10.2 Å². The third kappa shape index (κ3) is 7.55. The molecule has 0 saturated carbocycles. The van der Waals surface area contributed by atoms with Crippen LogP contribution in [0.25, 0.3) is 0 Å². The molecule has 0 spiro atoms. The van der Waals surface area contributed by atoms with E-state index in [2.05, 4.69) is 5.32 Å². The first kappa shape index (κ1) is 31.0. The Morgan fingerprint density at radius 3 is 2.35 bits per heavy atom. The Morgan fingerprint density at radius 1 is 1.00 bits per heavy atom. The zero-order chi connectivity index (χ0) is 29.4. The van der Waals surface area contributed by atoms with Gasteiger partial charge in [-0.15, -0.1) is 0 Å². The van der Waals surface area contributed by atoms with Crippen molar-refractivity contribution in [2.24, 2.45) is 0 Å². The lowest BCUT2D eigenvalue weighted by Crippen LogP contribution is -2.52. The second-order valence-electron chi connectivity index (χ2n) is 9.62. The molecule has 0 fully saturated rings. The fourth-order valence-corrected chi connectivity index (χ4v) is 5.76. The molecule has 3 aromatic rings. The Kier molecular flexibility index (Phi) is 10.6. The Morgan fingerprint density at radius 2 is 1.70 bits per heavy atom. The molecule has 40 heavy (non-hydrogen) atoms. The molecule has 10 heteroatoms. The lowest BCUT2D eigenvalue weighted by Gasteiger charge is -2.33. The Balaban J connectivity index is 2.06. The number of ether oxygens (including phenoxy) is 1. The number of nitrogens with zero attached hydrogens (tertiary/aromatic N) is 2. The first-order valence-corrected chi connectivity index (χ1v) is 14.9. The molecule has 0 aliphatic carbocycles. The van der Waals surface area contributed by atoms with E-state index in [1.807, 2.05) is 19.9 Å². The maximum atomic E-state index is 14.0. The van der Waals surface area contributed by atoms with Gasteiger partial charge in [0, 0.05) is 17.6 Å². The van der Waals surface area contributed by atoms with Crippen molar-refractivity contribution in [2.75, 3.05) is 18.0 Å². The van der Waals surface area contributed by atoms with Crippen LogP contribution in [0.5, 0.6) is 5.75 Å². The van der Waals surface area contributed by atoms with Crippen LogP contribution in [-0.2, 0) is 26.2 Å². The fraction of sp³-hybridized carbons (Fsp3) is 0.333. The van der Waals surface area contributed by atoms with E-state index in [1.165, 1.54) is 23.1 Å². The van der Waals surface area contributed by atoms with Gasteiger partial charge in [-0.3, -0.25) is 13.9 Å². The number of sulfonamides is 1. The summed E-state index contributed by atoms with van der Waals surface area (Å²) >= 11 is 6.26. The van der Waals surface area contributed by atoms with E-state index in [1.54, 1.807) is 69.5 Å². The summed E-state index contributed by atoms with van der Waals surface area (Å²) in [6, 6.07) is 19.0. The summed E-state index contributed by atoms with van der Waals surface area (Å²) in [5.41, 5.74) is 1.63. The van der Waals surface area contributed by atoms with Crippen molar-refractivity contribution in [3.8, 4) is 5.75 Å². The van der Waals surface area contributed by atoms with Gasteiger partial charge in [0.05, 0.1) is 17.7 Å². The molecule has 0 radical (unpaired) electrons. The van der Waals surface area contributed by atoms with E-state index in [-0.39, 0.29) is 29.1 Å². The van der Waals surface area contributed by atoms with Crippen molar-refractivity contribution in [2.45, 2.75) is 57.6 Å². The van der Waals surface area contributed by atoms with E-state index in [4.69, 9.17) is 16.3 Å². The van der Waals surface area contributed by atoms with Gasteiger partial charge in [-0.05, 0) is 74.7 Å². The molecule has 214 valence electrons. The number of methoxy groups -OCH3 is 1. The van der Waals surface area contributed by atoms with Crippen molar-refractivity contribution >= 4 is 39.1 Å². The van der Waals surface area contributed by atoms with Gasteiger partial charge < -0.3 is 15.0 Å². The van der Waals surface area contributed by atoms with Crippen LogP contribution in [0.15, 0.2) is 77.7 Å². The van der Waals surface area contributed by atoms with Crippen LogP contribution in [-0.4, -0.2) is 50.9 Å². The number of rotatable bonds is 12. The minimum Gasteiger partial charge on any atom is -0.497 e. The minimum absolute atomic E-state index is 0.0316. The topological polar surface area (TPSA) is 96.0 Å². The monoisotopic (exact) mass is 585 g/mol. The van der Waals surface area contributed by atoms with Crippen LogP contribution in [0.4, 0.5) is 5.69 Å². The van der Waals surface area contributed by atoms with Crippen LogP contribution in [0.3, 0.4) is 0 Å². The first-order valence-electron chi connectivity index (χ1n) is 13.0. The maximum Gasteiger partial charge on any atom is 0.264 e. The zero-order valence-electron chi connectivity index (χ0n) is 23.4. The number of anilines is 1. The number of benzene rings is 3. The SMILES string of the molecule is CC[C@@H](C)NC(=O)[C@@H](C)N(Cc1cccc(OC)c1)C(=O)CN(c1cc(Cl)ccc1C)S(=O)(=O)c1ccccc1. The molecule has 0 bridgehead atoms. The lowest BCUT2D eigenvalue weighted by atomic mass is 10.1. The molecule has 3 aromatic carbocycles. The third-order valence-electron chi connectivity index (χ3n) is 6.71. The molecule has 0 saturated heterocycles. The highest BCUT2D eigenvalue weighted by atomic mass is 35.5. The number of carbonyl (C=O) groups excluding carboxylic acids is 2. The second-order valence-corrected chi connectivity index (χ2v) is 11.9. The number of hydrogen-bond acceptors (Lipinski definition) is 5. The van der Waals surface area contributed by atoms with Gasteiger partial charge in [0.25, 0.3) is 10.0 Å². The average molecular weight is 586 g/mol. The summed E-state index contributed by atoms with van der Waals surface area (Å²) in [5, 5.41) is 3.25. The van der Waals surface area contributed by atoms with Crippen LogP contribution < -0.4 is 14.4 Å². The van der Waals surface area contributed by atoms with E-state index < -0.39 is 28.5 Å². The minimum atomic E-state index is -4.17. The zero-order valence-corrected chi connectivity index (χ0v) is 25.0. The van der Waals surface area contributed by atoms with Gasteiger partial charge in [0.2, 0.25) is 11.8 Å². The molecule has 0 aliphatic heterocycles. The quantitative estimate of drug-likeness (QED) is 0.316. The molecule has 2 atom stereocenters. The second kappa shape index (κ2) is 13.7. The molecule has 0 aliphatic rings. The predicted molar refractivity (Wildman–Crippen MR) is 158 cm³/mol. The van der Waals surface area contributed by atoms with Gasteiger partial charge in [-0.2, -0.15) is 0 Å². The summed E-state index contributed by atoms with van der Waals surface area (Å²) in [7, 11) is -2.62. The maximum absolute atomic E-state index is 14.0. The van der Waals surface area contributed by atoms with Crippen molar-refractivity contribution in [3.63, 3.8) is 0 Å². The number of carbonyl (C=O) groups is 2. The molecular weight excluding hydrogens is 550 g/mol. The summed E-state index contributed by atoms with van der Waals surface area (Å²) in [5.74, 6) is -0.278. The lowest BCUT2D eigenvalue weighted by molar-refractivity contribution is -0.139. The molecule has 0 heterocycles. The number of nitrogens with one attached hydrogen (secondary N) is 1. The van der Waals surface area contributed by atoms with E-state index >= 15 is 0 Å². The highest BCUT2D eigenvalue weighted by Crippen LogP contribution is 2.30. The van der Waals surface area contributed by atoms with Gasteiger partial charge in [0.1, 0.15) is 18.3 Å². The normalized spacial score (nSPS) is 12.8. The highest BCUT2D eigenvalue weighted by molar-refractivity contribution is 7.92. The van der Waals surface area contributed by atoms with Crippen molar-refractivity contribution in [3.05, 3.63) is 88.9 Å². The van der Waals surface area contributed by atoms with Gasteiger partial charge >= 0.3 is 0 Å². The third-order valence-corrected chi connectivity index (χ3v) is 8.71. The Labute approximate surface area is 241 Å². The van der Waals surface area contributed by atoms with Crippen LogP contribution >= 0.6 is 11.6 Å². The number of hydrogen-bond donors (Lipinski definition) is 1. The molecule has 2 amide bonds. The molecule has 3 rings (SSSR count). The summed E-state index contributed by atoms with van der Waals surface area (Å²) in [6.45, 7) is 6.75. The largest absolute Gasteiger partial charge is 0.497 e. The van der Waals surface area contributed by atoms with Crippen LogP contribution in [0.2, 0.25) is 5.02 Å². The average Bonchev–Trinajstić information content (AvgIpc) is 2.95. The smallest absolute Gasteiger partial charge is 0.264 e. The van der Waals surface area contributed by atoms with Gasteiger partial charge in [-0.1, -0.05) is 54.9 Å². The summed E-state index contributed by atoms with van der Waals surface area (Å²) in [6.07, 6.45) is 0.722. The van der Waals surface area contributed by atoms with Crippen molar-refractivity contribution < 1.29 is 22.7 Å². The highest BCUT2D eigenvalue weighted by Gasteiger charge is 2.33. The van der Waals surface area contributed by atoms with E-state index in [9.17, 15) is 18.0 Å². The molecule has 1 N–H and O–H groups in total. The number of halogens is 1. The summed E-state index contributed by atoms with van der Waals surface area (Å²) < 4.78 is 34.2. The number of amides is 2.